The molecule has 2 aromatic rings. The molecule has 0 bridgehead atoms. The highest BCUT2D eigenvalue weighted by atomic mass is 16.5. The summed E-state index contributed by atoms with van der Waals surface area (Å²) in [6.07, 6.45) is 5.50. The Hall–Kier alpha value is -2.34. The van der Waals surface area contributed by atoms with Crippen LogP contribution in [0.3, 0.4) is 0 Å². The van der Waals surface area contributed by atoms with Crippen molar-refractivity contribution in [3.8, 4) is 5.75 Å². The van der Waals surface area contributed by atoms with Crippen LogP contribution in [0.25, 0.3) is 0 Å². The van der Waals surface area contributed by atoms with Gasteiger partial charge < -0.3 is 14.2 Å². The van der Waals surface area contributed by atoms with E-state index in [0.29, 0.717) is 6.42 Å². The summed E-state index contributed by atoms with van der Waals surface area (Å²) in [5, 5.41) is 0. The number of hydrogen-bond acceptors (Lipinski definition) is 4. The lowest BCUT2D eigenvalue weighted by Crippen LogP contribution is -2.31. The zero-order valence-electron chi connectivity index (χ0n) is 14.8. The minimum absolute atomic E-state index is 0.0608. The van der Waals surface area contributed by atoms with E-state index < -0.39 is 0 Å². The zero-order valence-corrected chi connectivity index (χ0v) is 14.8. The zero-order chi connectivity index (χ0) is 17.4. The second-order valence-electron chi connectivity index (χ2n) is 7.27. The Morgan fingerprint density at radius 2 is 2.20 bits per heavy atom. The maximum atomic E-state index is 12.7. The molecule has 0 N–H and O–H groups in total. The molecule has 2 fully saturated rings. The van der Waals surface area contributed by atoms with E-state index in [1.165, 1.54) is 0 Å². The van der Waals surface area contributed by atoms with Gasteiger partial charge in [-0.15, -0.1) is 0 Å². The van der Waals surface area contributed by atoms with Gasteiger partial charge in [0.2, 0.25) is 5.91 Å². The molecule has 2 aliphatic heterocycles. The molecule has 4 rings (SSSR count). The van der Waals surface area contributed by atoms with Gasteiger partial charge in [0.05, 0.1) is 13.7 Å². The molecule has 6 heteroatoms. The number of imidazole rings is 1. The van der Waals surface area contributed by atoms with Crippen LogP contribution in [-0.4, -0.2) is 47.1 Å². The Bertz CT molecular complexity index is 787. The van der Waals surface area contributed by atoms with Crippen molar-refractivity contribution in [3.63, 3.8) is 0 Å². The third kappa shape index (κ3) is 3.02. The van der Waals surface area contributed by atoms with Crippen molar-refractivity contribution < 1.29 is 9.53 Å². The number of amides is 1. The lowest BCUT2D eigenvalue weighted by molar-refractivity contribution is -0.117. The molecule has 1 atom stereocenters. The van der Waals surface area contributed by atoms with Gasteiger partial charge in [-0.25, -0.2) is 4.98 Å². The van der Waals surface area contributed by atoms with Crippen LogP contribution in [-0.2, 0) is 18.4 Å². The Kier molecular flexibility index (Phi) is 4.00. The highest BCUT2D eigenvalue weighted by Gasteiger charge is 2.47. The van der Waals surface area contributed by atoms with Crippen LogP contribution in [0.1, 0.15) is 18.7 Å². The fraction of sp³-hybridized carbons (Fsp3) is 0.474. The Morgan fingerprint density at radius 1 is 1.32 bits per heavy atom. The van der Waals surface area contributed by atoms with E-state index in [1.54, 1.807) is 7.11 Å². The molecule has 1 spiro atoms. The highest BCUT2D eigenvalue weighted by Crippen LogP contribution is 2.42. The second kappa shape index (κ2) is 6.19. The molecule has 1 amide bonds. The molecule has 0 aliphatic carbocycles. The van der Waals surface area contributed by atoms with Crippen molar-refractivity contribution in [1.29, 1.82) is 0 Å². The van der Waals surface area contributed by atoms with E-state index in [4.69, 9.17) is 4.74 Å². The van der Waals surface area contributed by atoms with Crippen molar-refractivity contribution in [2.45, 2.75) is 19.4 Å². The van der Waals surface area contributed by atoms with Gasteiger partial charge in [-0.2, -0.15) is 0 Å². The van der Waals surface area contributed by atoms with E-state index >= 15 is 0 Å². The number of nitrogens with zero attached hydrogens (tertiary/aromatic N) is 4. The predicted octanol–water partition coefficient (Wildman–Crippen LogP) is 2.06. The van der Waals surface area contributed by atoms with E-state index in [9.17, 15) is 4.79 Å². The molecular weight excluding hydrogens is 316 g/mol. The standard InChI is InChI=1S/C19H24N4O2/c1-21-9-7-20-17(21)12-22-8-6-19(13-22)11-18(24)23(14-19)15-4-3-5-16(10-15)25-2/h3-5,7,9-10H,6,8,11-14H2,1-2H3/t19-/m0/s1. The minimum atomic E-state index is 0.0608. The normalized spacial score (nSPS) is 23.8. The summed E-state index contributed by atoms with van der Waals surface area (Å²) in [6.45, 7) is 3.60. The molecule has 1 aromatic carbocycles. The summed E-state index contributed by atoms with van der Waals surface area (Å²) in [7, 11) is 3.68. The number of likely N-dealkylation sites (tertiary alicyclic amines) is 1. The van der Waals surface area contributed by atoms with Crippen LogP contribution in [0, 0.1) is 5.41 Å². The van der Waals surface area contributed by atoms with Crippen molar-refractivity contribution in [3.05, 3.63) is 42.5 Å². The number of methoxy groups -OCH3 is 1. The topological polar surface area (TPSA) is 50.6 Å². The summed E-state index contributed by atoms with van der Waals surface area (Å²) in [6, 6.07) is 7.77. The third-order valence-corrected chi connectivity index (χ3v) is 5.49. The van der Waals surface area contributed by atoms with Crippen LogP contribution in [0.15, 0.2) is 36.7 Å². The number of anilines is 1. The average molecular weight is 340 g/mol. The molecule has 1 aromatic heterocycles. The molecular formula is C19H24N4O2. The van der Waals surface area contributed by atoms with Crippen LogP contribution in [0.2, 0.25) is 0 Å². The molecule has 6 nitrogen and oxygen atoms in total. The number of aryl methyl sites for hydroxylation is 1. The summed E-state index contributed by atoms with van der Waals surface area (Å²) >= 11 is 0. The average Bonchev–Trinajstić information content (AvgIpc) is 3.29. The number of hydrogen-bond donors (Lipinski definition) is 0. The molecule has 3 heterocycles. The number of carbonyl (C=O) groups excluding carboxylic acids is 1. The van der Waals surface area contributed by atoms with Gasteiger partial charge >= 0.3 is 0 Å². The lowest BCUT2D eigenvalue weighted by atomic mass is 9.86. The first-order valence-corrected chi connectivity index (χ1v) is 8.72. The predicted molar refractivity (Wildman–Crippen MR) is 95.5 cm³/mol. The van der Waals surface area contributed by atoms with Crippen molar-refractivity contribution in [2.24, 2.45) is 12.5 Å². The van der Waals surface area contributed by atoms with Crippen LogP contribution < -0.4 is 9.64 Å². The first-order chi connectivity index (χ1) is 12.1. The van der Waals surface area contributed by atoms with Gasteiger partial charge in [0.25, 0.3) is 0 Å². The summed E-state index contributed by atoms with van der Waals surface area (Å²) in [4.78, 5) is 21.4. The Labute approximate surface area is 148 Å². The summed E-state index contributed by atoms with van der Waals surface area (Å²) in [5.41, 5.74) is 0.995. The summed E-state index contributed by atoms with van der Waals surface area (Å²) < 4.78 is 7.36. The molecule has 25 heavy (non-hydrogen) atoms. The maximum absolute atomic E-state index is 12.7. The van der Waals surface area contributed by atoms with Crippen LogP contribution in [0.5, 0.6) is 5.75 Å². The van der Waals surface area contributed by atoms with E-state index in [0.717, 1.165) is 49.9 Å². The molecule has 2 saturated heterocycles. The first kappa shape index (κ1) is 16.1. The smallest absolute Gasteiger partial charge is 0.227 e. The second-order valence-corrected chi connectivity index (χ2v) is 7.27. The summed E-state index contributed by atoms with van der Waals surface area (Å²) in [5.74, 6) is 2.08. The van der Waals surface area contributed by atoms with E-state index in [2.05, 4.69) is 14.5 Å². The van der Waals surface area contributed by atoms with Crippen molar-refractivity contribution in [2.75, 3.05) is 31.6 Å². The molecule has 0 radical (unpaired) electrons. The monoisotopic (exact) mass is 340 g/mol. The minimum Gasteiger partial charge on any atom is -0.497 e. The molecule has 2 aliphatic rings. The SMILES string of the molecule is COc1cccc(N2C[C@@]3(CCN(Cc4nccn4C)C3)CC2=O)c1. The lowest BCUT2D eigenvalue weighted by Gasteiger charge is -2.24. The van der Waals surface area contributed by atoms with E-state index in [1.807, 2.05) is 48.6 Å². The van der Waals surface area contributed by atoms with Crippen molar-refractivity contribution >= 4 is 11.6 Å². The number of carbonyl (C=O) groups is 1. The molecule has 0 saturated carbocycles. The van der Waals surface area contributed by atoms with Gasteiger partial charge in [0.15, 0.2) is 0 Å². The fourth-order valence-corrected chi connectivity index (χ4v) is 4.09. The molecule has 0 unspecified atom stereocenters. The quantitative estimate of drug-likeness (QED) is 0.855. The largest absolute Gasteiger partial charge is 0.497 e. The number of rotatable bonds is 4. The van der Waals surface area contributed by atoms with Crippen LogP contribution >= 0.6 is 0 Å². The molecule has 132 valence electrons. The fourth-order valence-electron chi connectivity index (χ4n) is 4.09. The van der Waals surface area contributed by atoms with Crippen molar-refractivity contribution in [1.82, 2.24) is 14.5 Å². The maximum Gasteiger partial charge on any atom is 0.227 e. The third-order valence-electron chi connectivity index (χ3n) is 5.49. The van der Waals surface area contributed by atoms with Crippen LogP contribution in [0.4, 0.5) is 5.69 Å². The van der Waals surface area contributed by atoms with Gasteiger partial charge in [0, 0.05) is 56.1 Å². The van der Waals surface area contributed by atoms with E-state index in [-0.39, 0.29) is 11.3 Å². The van der Waals surface area contributed by atoms with Gasteiger partial charge in [-0.3, -0.25) is 9.69 Å². The number of benzene rings is 1. The first-order valence-electron chi connectivity index (χ1n) is 8.72. The van der Waals surface area contributed by atoms with Gasteiger partial charge in [0.1, 0.15) is 11.6 Å². The number of aromatic nitrogens is 2. The van der Waals surface area contributed by atoms with Gasteiger partial charge in [-0.1, -0.05) is 6.07 Å². The Morgan fingerprint density at radius 3 is 2.96 bits per heavy atom. The highest BCUT2D eigenvalue weighted by molar-refractivity contribution is 5.96. The van der Waals surface area contributed by atoms with Gasteiger partial charge in [-0.05, 0) is 25.1 Å². The Balaban J connectivity index is 1.47. The number of ether oxygens (including phenoxy) is 1.